The molecule has 1 aliphatic heterocycles. The number of benzene rings is 1. The number of para-hydroxylation sites is 1. The van der Waals surface area contributed by atoms with Gasteiger partial charge in [-0.05, 0) is 26.0 Å². The van der Waals surface area contributed by atoms with E-state index in [1.807, 2.05) is 0 Å². The van der Waals surface area contributed by atoms with Crippen molar-refractivity contribution < 1.29 is 32.3 Å². The first-order valence-electron chi connectivity index (χ1n) is 7.80. The molecule has 26 heavy (non-hydrogen) atoms. The Kier molecular flexibility index (Phi) is 5.69. The molecule has 1 aliphatic rings. The number of hydrogen-bond donors (Lipinski definition) is 2. The molecule has 2 rings (SSSR count). The molecule has 1 heterocycles. The van der Waals surface area contributed by atoms with Crippen molar-refractivity contribution in [1.82, 2.24) is 5.32 Å². The zero-order valence-electron chi connectivity index (χ0n) is 14.1. The summed E-state index contributed by atoms with van der Waals surface area (Å²) >= 11 is 0. The summed E-state index contributed by atoms with van der Waals surface area (Å²) in [5.41, 5.74) is -1.40. The molecule has 9 heteroatoms. The number of rotatable bonds is 4. The minimum Gasteiger partial charge on any atom is -0.463 e. The first-order chi connectivity index (χ1) is 12.1. The van der Waals surface area contributed by atoms with Crippen LogP contribution in [0.15, 0.2) is 35.5 Å². The van der Waals surface area contributed by atoms with Crippen molar-refractivity contribution in [3.05, 3.63) is 41.1 Å². The Labute approximate surface area is 147 Å². The summed E-state index contributed by atoms with van der Waals surface area (Å²) in [5, 5.41) is 4.61. The molecule has 1 aromatic rings. The molecule has 1 unspecified atom stereocenters. The van der Waals surface area contributed by atoms with E-state index in [9.17, 15) is 27.6 Å². The van der Waals surface area contributed by atoms with Crippen LogP contribution in [0.4, 0.5) is 18.9 Å². The average Bonchev–Trinajstić information content (AvgIpc) is 2.53. The lowest BCUT2D eigenvalue weighted by atomic mass is 9.89. The fraction of sp³-hybridized carbons (Fsp3) is 0.353. The van der Waals surface area contributed by atoms with Gasteiger partial charge in [-0.1, -0.05) is 12.1 Å². The molecule has 0 aliphatic carbocycles. The molecule has 140 valence electrons. The van der Waals surface area contributed by atoms with Gasteiger partial charge in [-0.15, -0.1) is 0 Å². The summed E-state index contributed by atoms with van der Waals surface area (Å²) in [4.78, 5) is 36.4. The molecular weight excluding hydrogens is 353 g/mol. The molecule has 6 nitrogen and oxygen atoms in total. The van der Waals surface area contributed by atoms with E-state index in [4.69, 9.17) is 4.74 Å². The van der Waals surface area contributed by atoms with Crippen LogP contribution in [0.5, 0.6) is 0 Å². The van der Waals surface area contributed by atoms with E-state index in [1.54, 1.807) is 6.92 Å². The summed E-state index contributed by atoms with van der Waals surface area (Å²) in [6.45, 7) is 3.05. The normalized spacial score (nSPS) is 17.6. The van der Waals surface area contributed by atoms with E-state index in [2.05, 4.69) is 10.6 Å². The zero-order chi connectivity index (χ0) is 19.5. The maximum absolute atomic E-state index is 13.1. The predicted molar refractivity (Wildman–Crippen MR) is 85.7 cm³/mol. The number of halogens is 3. The molecule has 0 saturated heterocycles. The number of alkyl halides is 3. The Balaban J connectivity index is 2.35. The SMILES string of the molecule is CCOC(=O)C1=C(C)NC(=O)CC1C(=O)Nc1ccccc1C(F)(F)F. The van der Waals surface area contributed by atoms with Crippen molar-refractivity contribution in [2.75, 3.05) is 11.9 Å². The monoisotopic (exact) mass is 370 g/mol. The molecule has 0 fully saturated rings. The molecule has 0 radical (unpaired) electrons. The van der Waals surface area contributed by atoms with Gasteiger partial charge in [0.25, 0.3) is 0 Å². The number of allylic oxidation sites excluding steroid dienone is 1. The van der Waals surface area contributed by atoms with Crippen LogP contribution in [0, 0.1) is 5.92 Å². The molecule has 1 aromatic carbocycles. The van der Waals surface area contributed by atoms with Crippen molar-refractivity contribution in [3.8, 4) is 0 Å². The highest BCUT2D eigenvalue weighted by atomic mass is 19.4. The highest BCUT2D eigenvalue weighted by molar-refractivity contribution is 6.06. The Morgan fingerprint density at radius 3 is 2.58 bits per heavy atom. The lowest BCUT2D eigenvalue weighted by Crippen LogP contribution is -2.40. The van der Waals surface area contributed by atoms with Crippen LogP contribution in [0.25, 0.3) is 0 Å². The van der Waals surface area contributed by atoms with Crippen LogP contribution >= 0.6 is 0 Å². The van der Waals surface area contributed by atoms with Gasteiger partial charge in [0.2, 0.25) is 11.8 Å². The molecule has 2 N–H and O–H groups in total. The highest BCUT2D eigenvalue weighted by Crippen LogP contribution is 2.35. The van der Waals surface area contributed by atoms with Gasteiger partial charge < -0.3 is 15.4 Å². The van der Waals surface area contributed by atoms with Crippen molar-refractivity contribution in [2.24, 2.45) is 5.92 Å². The predicted octanol–water partition coefficient (Wildman–Crippen LogP) is 2.62. The lowest BCUT2D eigenvalue weighted by Gasteiger charge is -2.26. The highest BCUT2D eigenvalue weighted by Gasteiger charge is 2.38. The Hall–Kier alpha value is -2.84. The third-order valence-electron chi connectivity index (χ3n) is 3.77. The quantitative estimate of drug-likeness (QED) is 0.798. The van der Waals surface area contributed by atoms with E-state index in [-0.39, 0.29) is 24.3 Å². The van der Waals surface area contributed by atoms with Gasteiger partial charge in [0.1, 0.15) is 0 Å². The number of ether oxygens (including phenoxy) is 1. The second-order valence-corrected chi connectivity index (χ2v) is 5.60. The van der Waals surface area contributed by atoms with E-state index in [1.165, 1.54) is 19.1 Å². The maximum Gasteiger partial charge on any atom is 0.418 e. The van der Waals surface area contributed by atoms with E-state index < -0.39 is 41.1 Å². The van der Waals surface area contributed by atoms with Crippen LogP contribution in [-0.4, -0.2) is 24.4 Å². The lowest BCUT2D eigenvalue weighted by molar-refractivity contribution is -0.141. The summed E-state index contributed by atoms with van der Waals surface area (Å²) in [7, 11) is 0. The summed E-state index contributed by atoms with van der Waals surface area (Å²) in [6, 6.07) is 4.47. The Morgan fingerprint density at radius 2 is 1.96 bits per heavy atom. The van der Waals surface area contributed by atoms with Crippen LogP contribution in [0.1, 0.15) is 25.8 Å². The Bertz CT molecular complexity index is 772. The average molecular weight is 370 g/mol. The molecule has 0 aromatic heterocycles. The summed E-state index contributed by atoms with van der Waals surface area (Å²) in [6.07, 6.45) is -5.03. The minimum atomic E-state index is -4.66. The van der Waals surface area contributed by atoms with Gasteiger partial charge in [0.05, 0.1) is 29.3 Å². The Morgan fingerprint density at radius 1 is 1.31 bits per heavy atom. The zero-order valence-corrected chi connectivity index (χ0v) is 14.1. The topological polar surface area (TPSA) is 84.5 Å². The third kappa shape index (κ3) is 4.22. The number of esters is 1. The van der Waals surface area contributed by atoms with Crippen LogP contribution in [-0.2, 0) is 25.3 Å². The number of hydrogen-bond acceptors (Lipinski definition) is 4. The maximum atomic E-state index is 13.1. The van der Waals surface area contributed by atoms with Crippen LogP contribution in [0.2, 0.25) is 0 Å². The number of amides is 2. The molecule has 2 amide bonds. The largest absolute Gasteiger partial charge is 0.463 e. The van der Waals surface area contributed by atoms with Crippen molar-refractivity contribution in [2.45, 2.75) is 26.4 Å². The fourth-order valence-corrected chi connectivity index (χ4v) is 2.66. The molecule has 0 bridgehead atoms. The minimum absolute atomic E-state index is 0.0504. The number of anilines is 1. The van der Waals surface area contributed by atoms with E-state index >= 15 is 0 Å². The molecule has 1 atom stereocenters. The van der Waals surface area contributed by atoms with Crippen LogP contribution < -0.4 is 10.6 Å². The molecule has 0 saturated carbocycles. The summed E-state index contributed by atoms with van der Waals surface area (Å²) in [5.74, 6) is -3.45. The second kappa shape index (κ2) is 7.59. The third-order valence-corrected chi connectivity index (χ3v) is 3.77. The standard InChI is InChI=1S/C17H17F3N2O4/c1-3-26-16(25)14-9(2)21-13(23)8-10(14)15(24)22-12-7-5-4-6-11(12)17(18,19)20/h4-7,10H,3,8H2,1-2H3,(H,21,23)(H,22,24). The number of carbonyl (C=O) groups is 3. The molecular formula is C17H17F3N2O4. The second-order valence-electron chi connectivity index (χ2n) is 5.60. The van der Waals surface area contributed by atoms with E-state index in [0.29, 0.717) is 0 Å². The summed E-state index contributed by atoms with van der Waals surface area (Å²) < 4.78 is 44.1. The number of carbonyl (C=O) groups excluding carboxylic acids is 3. The first kappa shape index (κ1) is 19.5. The van der Waals surface area contributed by atoms with Crippen molar-refractivity contribution >= 4 is 23.5 Å². The van der Waals surface area contributed by atoms with E-state index in [0.717, 1.165) is 12.1 Å². The van der Waals surface area contributed by atoms with Gasteiger partial charge >= 0.3 is 12.1 Å². The van der Waals surface area contributed by atoms with Gasteiger partial charge in [0.15, 0.2) is 0 Å². The van der Waals surface area contributed by atoms with Crippen molar-refractivity contribution in [1.29, 1.82) is 0 Å². The van der Waals surface area contributed by atoms with Gasteiger partial charge in [-0.3, -0.25) is 9.59 Å². The molecule has 0 spiro atoms. The van der Waals surface area contributed by atoms with Gasteiger partial charge in [0, 0.05) is 12.1 Å². The van der Waals surface area contributed by atoms with Gasteiger partial charge in [-0.25, -0.2) is 4.79 Å². The van der Waals surface area contributed by atoms with Crippen molar-refractivity contribution in [3.63, 3.8) is 0 Å². The first-order valence-corrected chi connectivity index (χ1v) is 7.80. The smallest absolute Gasteiger partial charge is 0.418 e. The van der Waals surface area contributed by atoms with Gasteiger partial charge in [-0.2, -0.15) is 13.2 Å². The fourth-order valence-electron chi connectivity index (χ4n) is 2.66. The van der Waals surface area contributed by atoms with Crippen LogP contribution in [0.3, 0.4) is 0 Å². The number of nitrogens with one attached hydrogen (secondary N) is 2.